The Bertz CT molecular complexity index is 289. The van der Waals surface area contributed by atoms with Gasteiger partial charge < -0.3 is 10.5 Å². The summed E-state index contributed by atoms with van der Waals surface area (Å²) in [6.07, 6.45) is 1.06. The van der Waals surface area contributed by atoms with Crippen molar-refractivity contribution in [2.75, 3.05) is 0 Å². The molecule has 2 atom stereocenters. The molecule has 0 aliphatic carbocycles. The maximum Gasteiger partial charge on any atom is 0.0814 e. The second-order valence-corrected chi connectivity index (χ2v) is 6.28. The normalized spacial score (nSPS) is 16.1. The minimum absolute atomic E-state index is 0.0900. The summed E-state index contributed by atoms with van der Waals surface area (Å²) < 4.78 is 5.99. The van der Waals surface area contributed by atoms with Crippen molar-refractivity contribution in [1.82, 2.24) is 0 Å². The van der Waals surface area contributed by atoms with E-state index in [0.29, 0.717) is 6.61 Å². The van der Waals surface area contributed by atoms with Gasteiger partial charge in [0.15, 0.2) is 0 Å². The molecule has 0 fully saturated rings. The topological polar surface area (TPSA) is 35.2 Å². The van der Waals surface area contributed by atoms with E-state index in [1.54, 1.807) is 11.3 Å². The smallest absolute Gasteiger partial charge is 0.0814 e. The number of hydrogen-bond donors (Lipinski definition) is 1. The molecule has 0 amide bonds. The molecule has 0 aliphatic rings. The quantitative estimate of drug-likeness (QED) is 0.857. The van der Waals surface area contributed by atoms with Crippen LogP contribution in [0.5, 0.6) is 0 Å². The first-order valence-corrected chi connectivity index (χ1v) is 6.72. The largest absolute Gasteiger partial charge is 0.371 e. The molecule has 1 rings (SSSR count). The first kappa shape index (κ1) is 13.7. The van der Waals surface area contributed by atoms with Crippen LogP contribution in [-0.2, 0) is 11.3 Å². The van der Waals surface area contributed by atoms with Gasteiger partial charge in [-0.05, 0) is 23.3 Å². The molecule has 16 heavy (non-hydrogen) atoms. The van der Waals surface area contributed by atoms with Crippen LogP contribution in [0.4, 0.5) is 0 Å². The maximum absolute atomic E-state index is 6.12. The summed E-state index contributed by atoms with van der Waals surface area (Å²) in [6, 6.07) is 4.26. The second kappa shape index (κ2) is 5.80. The fourth-order valence-corrected chi connectivity index (χ4v) is 2.42. The summed E-state index contributed by atoms with van der Waals surface area (Å²) in [4.78, 5) is 1.26. The van der Waals surface area contributed by atoms with Gasteiger partial charge in [-0.25, -0.2) is 0 Å². The first-order chi connectivity index (χ1) is 7.45. The zero-order valence-electron chi connectivity index (χ0n) is 10.7. The van der Waals surface area contributed by atoms with Crippen LogP contribution in [0, 0.1) is 5.41 Å². The third-order valence-corrected chi connectivity index (χ3v) is 3.55. The van der Waals surface area contributed by atoms with Crippen molar-refractivity contribution in [3.8, 4) is 0 Å². The monoisotopic (exact) mass is 241 g/mol. The van der Waals surface area contributed by atoms with E-state index in [1.807, 2.05) is 0 Å². The fraction of sp³-hybridized carbons (Fsp3) is 0.692. The Hall–Kier alpha value is -0.380. The Morgan fingerprint density at radius 2 is 2.12 bits per heavy atom. The van der Waals surface area contributed by atoms with Crippen molar-refractivity contribution in [2.45, 2.75) is 52.9 Å². The van der Waals surface area contributed by atoms with Gasteiger partial charge in [0.05, 0.1) is 12.7 Å². The lowest BCUT2D eigenvalue weighted by molar-refractivity contribution is -0.0429. The van der Waals surface area contributed by atoms with Crippen molar-refractivity contribution in [1.29, 1.82) is 0 Å². The lowest BCUT2D eigenvalue weighted by Gasteiger charge is -2.34. The van der Waals surface area contributed by atoms with Gasteiger partial charge in [-0.2, -0.15) is 0 Å². The van der Waals surface area contributed by atoms with Crippen molar-refractivity contribution < 1.29 is 4.74 Å². The molecular weight excluding hydrogens is 218 g/mol. The molecule has 0 saturated heterocycles. The molecule has 1 heterocycles. The minimum Gasteiger partial charge on any atom is -0.371 e. The van der Waals surface area contributed by atoms with Gasteiger partial charge in [0, 0.05) is 10.9 Å². The standard InChI is InChI=1S/C13H23NOS/c1-5-11(14)12(13(2,3)4)15-9-10-7-6-8-16-10/h6-8,11-12H,5,9,14H2,1-4H3. The Morgan fingerprint density at radius 1 is 1.44 bits per heavy atom. The highest BCUT2D eigenvalue weighted by molar-refractivity contribution is 7.09. The molecule has 1 aromatic heterocycles. The Morgan fingerprint density at radius 3 is 2.56 bits per heavy atom. The predicted octanol–water partition coefficient (Wildman–Crippen LogP) is 3.42. The summed E-state index contributed by atoms with van der Waals surface area (Å²) >= 11 is 1.73. The van der Waals surface area contributed by atoms with Crippen molar-refractivity contribution >= 4 is 11.3 Å². The highest BCUT2D eigenvalue weighted by Crippen LogP contribution is 2.27. The average Bonchev–Trinajstić information content (AvgIpc) is 2.68. The van der Waals surface area contributed by atoms with Gasteiger partial charge in [-0.3, -0.25) is 0 Å². The summed E-state index contributed by atoms with van der Waals surface area (Å²) in [5.41, 5.74) is 6.21. The maximum atomic E-state index is 6.12. The summed E-state index contributed by atoms with van der Waals surface area (Å²) in [6.45, 7) is 9.33. The number of rotatable bonds is 5. The highest BCUT2D eigenvalue weighted by atomic mass is 32.1. The molecule has 2 nitrogen and oxygen atoms in total. The van der Waals surface area contributed by atoms with E-state index < -0.39 is 0 Å². The number of hydrogen-bond acceptors (Lipinski definition) is 3. The molecule has 0 bridgehead atoms. The summed E-state index contributed by atoms with van der Waals surface area (Å²) in [7, 11) is 0. The molecule has 0 spiro atoms. The van der Waals surface area contributed by atoms with E-state index in [-0.39, 0.29) is 17.6 Å². The molecule has 0 aliphatic heterocycles. The number of ether oxygens (including phenoxy) is 1. The first-order valence-electron chi connectivity index (χ1n) is 5.84. The van der Waals surface area contributed by atoms with Crippen molar-refractivity contribution in [2.24, 2.45) is 11.1 Å². The average molecular weight is 241 g/mol. The third kappa shape index (κ3) is 3.89. The van der Waals surface area contributed by atoms with Gasteiger partial charge >= 0.3 is 0 Å². The van der Waals surface area contributed by atoms with E-state index in [4.69, 9.17) is 10.5 Å². The third-order valence-electron chi connectivity index (χ3n) is 2.70. The van der Waals surface area contributed by atoms with Gasteiger partial charge in [-0.15, -0.1) is 11.3 Å². The minimum atomic E-state index is 0.0900. The van der Waals surface area contributed by atoms with Gasteiger partial charge in [-0.1, -0.05) is 33.8 Å². The zero-order valence-corrected chi connectivity index (χ0v) is 11.5. The zero-order chi connectivity index (χ0) is 12.2. The van der Waals surface area contributed by atoms with Crippen LogP contribution >= 0.6 is 11.3 Å². The van der Waals surface area contributed by atoms with Crippen LogP contribution < -0.4 is 5.73 Å². The Kier molecular flexibility index (Phi) is 4.96. The van der Waals surface area contributed by atoms with Crippen LogP contribution in [0.25, 0.3) is 0 Å². The molecule has 0 saturated carbocycles. The number of nitrogens with two attached hydrogens (primary N) is 1. The van der Waals surface area contributed by atoms with Gasteiger partial charge in [0.2, 0.25) is 0 Å². The predicted molar refractivity (Wildman–Crippen MR) is 70.6 cm³/mol. The molecule has 0 radical (unpaired) electrons. The molecule has 3 heteroatoms. The lowest BCUT2D eigenvalue weighted by Crippen LogP contribution is -2.44. The van der Waals surface area contributed by atoms with E-state index in [2.05, 4.69) is 45.2 Å². The summed E-state index contributed by atoms with van der Waals surface area (Å²) in [5, 5.41) is 2.07. The fourth-order valence-electron chi connectivity index (χ4n) is 1.80. The Labute approximate surface area is 103 Å². The molecular formula is C13H23NOS. The molecule has 1 aromatic rings. The Balaban J connectivity index is 2.57. The molecule has 92 valence electrons. The van der Waals surface area contributed by atoms with Crippen molar-refractivity contribution in [3.05, 3.63) is 22.4 Å². The van der Waals surface area contributed by atoms with Gasteiger partial charge in [0.25, 0.3) is 0 Å². The van der Waals surface area contributed by atoms with E-state index in [1.165, 1.54) is 4.88 Å². The highest BCUT2D eigenvalue weighted by Gasteiger charge is 2.30. The number of thiophene rings is 1. The SMILES string of the molecule is CCC(N)C(OCc1cccs1)C(C)(C)C. The van der Waals surface area contributed by atoms with Crippen molar-refractivity contribution in [3.63, 3.8) is 0 Å². The molecule has 2 N–H and O–H groups in total. The second-order valence-electron chi connectivity index (χ2n) is 5.25. The van der Waals surface area contributed by atoms with E-state index in [0.717, 1.165) is 6.42 Å². The van der Waals surface area contributed by atoms with Gasteiger partial charge in [0.1, 0.15) is 0 Å². The van der Waals surface area contributed by atoms with Crippen LogP contribution in [-0.4, -0.2) is 12.1 Å². The van der Waals surface area contributed by atoms with Crippen LogP contribution in [0.3, 0.4) is 0 Å². The van der Waals surface area contributed by atoms with E-state index in [9.17, 15) is 0 Å². The summed E-state index contributed by atoms with van der Waals surface area (Å²) in [5.74, 6) is 0. The van der Waals surface area contributed by atoms with Crippen LogP contribution in [0.1, 0.15) is 39.0 Å². The molecule has 0 aromatic carbocycles. The molecule has 2 unspecified atom stereocenters. The van der Waals surface area contributed by atoms with E-state index >= 15 is 0 Å². The van der Waals surface area contributed by atoms with Crippen LogP contribution in [0.2, 0.25) is 0 Å². The van der Waals surface area contributed by atoms with Crippen LogP contribution in [0.15, 0.2) is 17.5 Å². The lowest BCUT2D eigenvalue weighted by atomic mass is 9.84.